The summed E-state index contributed by atoms with van der Waals surface area (Å²) >= 11 is 0. The van der Waals surface area contributed by atoms with Crippen LogP contribution in [-0.4, -0.2) is 20.7 Å². The molecule has 1 N–H and O–H groups in total. The Morgan fingerprint density at radius 2 is 2.18 bits per heavy atom. The van der Waals surface area contributed by atoms with Crippen molar-refractivity contribution in [3.63, 3.8) is 0 Å². The second-order valence-corrected chi connectivity index (χ2v) is 6.66. The summed E-state index contributed by atoms with van der Waals surface area (Å²) in [5.74, 6) is -0.298. The lowest BCUT2D eigenvalue weighted by Crippen LogP contribution is -2.11. The Bertz CT molecular complexity index is 1130. The van der Waals surface area contributed by atoms with Gasteiger partial charge in [0, 0.05) is 23.5 Å². The molecule has 1 aromatic carbocycles. The van der Waals surface area contributed by atoms with Crippen molar-refractivity contribution in [1.82, 2.24) is 14.8 Å². The normalized spacial score (nSPS) is 12.2. The number of rotatable bonds is 5. The summed E-state index contributed by atoms with van der Waals surface area (Å²) in [4.78, 5) is 16.5. The number of benzene rings is 1. The molecule has 3 heterocycles. The van der Waals surface area contributed by atoms with Crippen molar-refractivity contribution in [3.05, 3.63) is 72.2 Å². The number of fused-ring (bicyclic) bond motifs is 1. The van der Waals surface area contributed by atoms with Crippen LogP contribution < -0.4 is 5.32 Å². The van der Waals surface area contributed by atoms with Crippen molar-refractivity contribution in [1.29, 1.82) is 0 Å². The van der Waals surface area contributed by atoms with Crippen molar-refractivity contribution in [3.8, 4) is 5.69 Å². The van der Waals surface area contributed by atoms with Crippen LogP contribution in [0.3, 0.4) is 0 Å². The summed E-state index contributed by atoms with van der Waals surface area (Å²) in [6.07, 6.45) is 5.98. The number of carbonyl (C=O) groups is 1. The van der Waals surface area contributed by atoms with Gasteiger partial charge in [0.25, 0.3) is 5.91 Å². The van der Waals surface area contributed by atoms with Crippen LogP contribution in [0.25, 0.3) is 16.7 Å². The third kappa shape index (κ3) is 3.38. The second-order valence-electron chi connectivity index (χ2n) is 6.66. The van der Waals surface area contributed by atoms with Gasteiger partial charge in [-0.1, -0.05) is 13.8 Å². The molecule has 1 amide bonds. The third-order valence-corrected chi connectivity index (χ3v) is 4.76. The quantitative estimate of drug-likeness (QED) is 0.535. The minimum atomic E-state index is -0.453. The lowest BCUT2D eigenvalue weighted by atomic mass is 10.0. The third-order valence-electron chi connectivity index (χ3n) is 4.76. The lowest BCUT2D eigenvalue weighted by molar-refractivity contribution is 0.0996. The fourth-order valence-electron chi connectivity index (χ4n) is 2.93. The van der Waals surface area contributed by atoms with Gasteiger partial charge in [0.2, 0.25) is 0 Å². The molecule has 0 fully saturated rings. The van der Waals surface area contributed by atoms with E-state index >= 15 is 0 Å². The molecule has 0 bridgehead atoms. The van der Waals surface area contributed by atoms with Crippen molar-refractivity contribution in [2.75, 3.05) is 5.32 Å². The Morgan fingerprint density at radius 3 is 2.93 bits per heavy atom. The first-order valence-corrected chi connectivity index (χ1v) is 9.05. The van der Waals surface area contributed by atoms with Crippen LogP contribution in [0.15, 0.2) is 59.5 Å². The van der Waals surface area contributed by atoms with Gasteiger partial charge in [-0.15, -0.1) is 5.10 Å². The van der Waals surface area contributed by atoms with E-state index in [2.05, 4.69) is 29.2 Å². The molecule has 0 spiro atoms. The highest BCUT2D eigenvalue weighted by Crippen LogP contribution is 2.24. The van der Waals surface area contributed by atoms with E-state index in [0.717, 1.165) is 17.4 Å². The van der Waals surface area contributed by atoms with Crippen LogP contribution in [0, 0.1) is 5.82 Å². The molecule has 4 aromatic rings. The molecule has 28 heavy (non-hydrogen) atoms. The molecular formula is C21H19FN4O2. The minimum absolute atomic E-state index is 0.178. The van der Waals surface area contributed by atoms with Gasteiger partial charge in [-0.2, -0.15) is 0 Å². The number of carbonyl (C=O) groups excluding carboxylic acids is 1. The van der Waals surface area contributed by atoms with E-state index in [0.29, 0.717) is 17.3 Å². The van der Waals surface area contributed by atoms with Crippen molar-refractivity contribution in [2.24, 2.45) is 0 Å². The van der Waals surface area contributed by atoms with E-state index in [4.69, 9.17) is 4.42 Å². The summed E-state index contributed by atoms with van der Waals surface area (Å²) in [6.45, 7) is 4.26. The number of hydrogen-bond donors (Lipinski definition) is 1. The van der Waals surface area contributed by atoms with Gasteiger partial charge >= 0.3 is 0 Å². The predicted molar refractivity (Wildman–Crippen MR) is 104 cm³/mol. The number of furan rings is 1. The zero-order chi connectivity index (χ0) is 19.7. The van der Waals surface area contributed by atoms with Crippen LogP contribution in [0.2, 0.25) is 0 Å². The molecule has 0 aliphatic carbocycles. The maximum Gasteiger partial charge on any atom is 0.291 e. The van der Waals surface area contributed by atoms with Crippen LogP contribution in [0.1, 0.15) is 42.3 Å². The molecule has 0 radical (unpaired) electrons. The Kier molecular flexibility index (Phi) is 4.65. The molecule has 1 atom stereocenters. The largest absolute Gasteiger partial charge is 0.459 e. The van der Waals surface area contributed by atoms with Gasteiger partial charge in [-0.25, -0.2) is 14.1 Å². The Labute approximate surface area is 161 Å². The van der Waals surface area contributed by atoms with E-state index in [1.54, 1.807) is 18.3 Å². The smallest absolute Gasteiger partial charge is 0.291 e. The fourth-order valence-corrected chi connectivity index (χ4v) is 2.93. The number of aromatic nitrogens is 3. The van der Waals surface area contributed by atoms with E-state index in [1.165, 1.54) is 29.1 Å². The van der Waals surface area contributed by atoms with Crippen LogP contribution in [0.4, 0.5) is 10.1 Å². The molecular weight excluding hydrogens is 359 g/mol. The average Bonchev–Trinajstić information content (AvgIpc) is 3.38. The number of hydrogen-bond acceptors (Lipinski definition) is 4. The van der Waals surface area contributed by atoms with Crippen LogP contribution >= 0.6 is 0 Å². The number of anilines is 1. The molecule has 0 aliphatic rings. The standard InChI is InChI=1S/C21H19FN4O2/c1-3-13(2)14-9-15-12-26(25-20(15)23-11-14)18-10-16(6-7-17(18)22)24-21(27)19-5-4-8-28-19/h4-13H,3H2,1-2H3,(H,24,27). The number of nitrogens with one attached hydrogen (secondary N) is 1. The van der Waals surface area contributed by atoms with Crippen molar-refractivity contribution >= 4 is 22.6 Å². The van der Waals surface area contributed by atoms with Gasteiger partial charge in [-0.3, -0.25) is 4.79 Å². The molecule has 142 valence electrons. The summed E-state index contributed by atoms with van der Waals surface area (Å²) in [5.41, 5.74) is 2.32. The maximum absolute atomic E-state index is 14.4. The number of amides is 1. The molecule has 0 saturated heterocycles. The highest BCUT2D eigenvalue weighted by Gasteiger charge is 2.14. The topological polar surface area (TPSA) is 73.0 Å². The summed E-state index contributed by atoms with van der Waals surface area (Å²) in [7, 11) is 0. The fraction of sp³-hybridized carbons (Fsp3) is 0.190. The highest BCUT2D eigenvalue weighted by molar-refractivity contribution is 6.02. The minimum Gasteiger partial charge on any atom is -0.459 e. The maximum atomic E-state index is 14.4. The molecule has 1 unspecified atom stereocenters. The zero-order valence-corrected chi connectivity index (χ0v) is 15.5. The molecule has 7 heteroatoms. The Balaban J connectivity index is 1.67. The van der Waals surface area contributed by atoms with Gasteiger partial charge in [-0.05, 0) is 54.3 Å². The van der Waals surface area contributed by atoms with Crippen LogP contribution in [-0.2, 0) is 0 Å². The number of pyridine rings is 1. The number of nitrogens with zero attached hydrogens (tertiary/aromatic N) is 3. The molecule has 3 aromatic heterocycles. The van der Waals surface area contributed by atoms with Gasteiger partial charge in [0.15, 0.2) is 11.4 Å². The first kappa shape index (κ1) is 17.9. The summed E-state index contributed by atoms with van der Waals surface area (Å²) in [5, 5.41) is 7.90. The molecule has 6 nitrogen and oxygen atoms in total. The van der Waals surface area contributed by atoms with Crippen molar-refractivity contribution < 1.29 is 13.6 Å². The van der Waals surface area contributed by atoms with E-state index in [1.807, 2.05) is 12.3 Å². The van der Waals surface area contributed by atoms with Crippen molar-refractivity contribution in [2.45, 2.75) is 26.2 Å². The lowest BCUT2D eigenvalue weighted by Gasteiger charge is -2.07. The van der Waals surface area contributed by atoms with Gasteiger partial charge in [0.1, 0.15) is 11.5 Å². The Hall–Kier alpha value is -3.48. The Morgan fingerprint density at radius 1 is 1.32 bits per heavy atom. The molecule has 4 rings (SSSR count). The van der Waals surface area contributed by atoms with Gasteiger partial charge < -0.3 is 9.73 Å². The summed E-state index contributed by atoms with van der Waals surface area (Å²) in [6, 6.07) is 9.51. The van der Waals surface area contributed by atoms with Gasteiger partial charge in [0.05, 0.1) is 6.26 Å². The predicted octanol–water partition coefficient (Wildman–Crippen LogP) is 4.92. The highest BCUT2D eigenvalue weighted by atomic mass is 19.1. The monoisotopic (exact) mass is 378 g/mol. The van der Waals surface area contributed by atoms with E-state index in [-0.39, 0.29) is 11.4 Å². The van der Waals surface area contributed by atoms with E-state index in [9.17, 15) is 9.18 Å². The zero-order valence-electron chi connectivity index (χ0n) is 15.5. The SMILES string of the molecule is CCC(C)c1cnc2nn(-c3cc(NC(=O)c4ccco4)ccc3F)cc2c1. The second kappa shape index (κ2) is 7.26. The first-order valence-electron chi connectivity index (χ1n) is 9.05. The van der Waals surface area contributed by atoms with Crippen LogP contribution in [0.5, 0.6) is 0 Å². The number of halogens is 1. The average molecular weight is 378 g/mol. The summed E-state index contributed by atoms with van der Waals surface area (Å²) < 4.78 is 21.0. The molecule has 0 saturated carbocycles. The first-order chi connectivity index (χ1) is 13.5. The van der Waals surface area contributed by atoms with E-state index < -0.39 is 11.7 Å². The molecule has 0 aliphatic heterocycles.